The first-order valence-corrected chi connectivity index (χ1v) is 5.30. The Balaban J connectivity index is 1.95. The van der Waals surface area contributed by atoms with Gasteiger partial charge in [-0.05, 0) is 12.3 Å². The van der Waals surface area contributed by atoms with E-state index in [9.17, 15) is 5.11 Å². The van der Waals surface area contributed by atoms with Crippen LogP contribution in [0.25, 0.3) is 5.52 Å². The quantitative estimate of drug-likeness (QED) is 0.823. The van der Waals surface area contributed by atoms with Crippen LogP contribution in [0.5, 0.6) is 0 Å². The van der Waals surface area contributed by atoms with Gasteiger partial charge in [0.25, 0.3) is 0 Å². The van der Waals surface area contributed by atoms with E-state index in [2.05, 4.69) is 10.1 Å². The third-order valence-corrected chi connectivity index (χ3v) is 2.97. The summed E-state index contributed by atoms with van der Waals surface area (Å²) < 4.78 is 1.75. The first-order valence-electron chi connectivity index (χ1n) is 5.30. The Labute approximate surface area is 87.6 Å². The smallest absolute Gasteiger partial charge is 0.0902 e. The summed E-state index contributed by atoms with van der Waals surface area (Å²) in [6.07, 6.45) is 9.96. The molecular weight excluding hydrogens is 190 g/mol. The number of rotatable bonds is 3. The van der Waals surface area contributed by atoms with Crippen LogP contribution in [-0.2, 0) is 0 Å². The minimum atomic E-state index is -0.390. The molecule has 2 heterocycles. The number of hydrogen-bond donors (Lipinski definition) is 1. The fraction of sp³-hybridized carbons (Fsp3) is 0.455. The molecule has 3 rings (SSSR count). The predicted molar refractivity (Wildman–Crippen MR) is 55.3 cm³/mol. The SMILES string of the molecule is OC(CC1CC1)c1cnn2ccncc12. The zero-order chi connectivity index (χ0) is 10.3. The van der Waals surface area contributed by atoms with E-state index in [1.54, 1.807) is 29.3 Å². The van der Waals surface area contributed by atoms with Crippen molar-refractivity contribution >= 4 is 5.52 Å². The van der Waals surface area contributed by atoms with E-state index in [1.165, 1.54) is 12.8 Å². The molecule has 0 aliphatic heterocycles. The van der Waals surface area contributed by atoms with E-state index in [0.29, 0.717) is 5.92 Å². The second-order valence-electron chi connectivity index (χ2n) is 4.20. The molecule has 1 aliphatic carbocycles. The van der Waals surface area contributed by atoms with Gasteiger partial charge in [0.1, 0.15) is 0 Å². The second-order valence-corrected chi connectivity index (χ2v) is 4.20. The number of aromatic nitrogens is 3. The monoisotopic (exact) mass is 203 g/mol. The molecule has 1 aliphatic rings. The molecule has 1 saturated carbocycles. The number of hydrogen-bond acceptors (Lipinski definition) is 3. The van der Waals surface area contributed by atoms with Crippen LogP contribution in [0.1, 0.15) is 30.9 Å². The van der Waals surface area contributed by atoms with E-state index < -0.39 is 0 Å². The highest BCUT2D eigenvalue weighted by molar-refractivity contribution is 5.52. The zero-order valence-corrected chi connectivity index (χ0v) is 8.37. The van der Waals surface area contributed by atoms with Gasteiger partial charge in [-0.25, -0.2) is 4.52 Å². The van der Waals surface area contributed by atoms with Gasteiger partial charge in [-0.3, -0.25) is 4.98 Å². The third kappa shape index (κ3) is 1.61. The molecule has 1 unspecified atom stereocenters. The molecule has 0 saturated heterocycles. The number of nitrogens with zero attached hydrogens (tertiary/aromatic N) is 3. The van der Waals surface area contributed by atoms with Crippen LogP contribution in [0, 0.1) is 5.92 Å². The fourth-order valence-electron chi connectivity index (χ4n) is 1.91. The Morgan fingerprint density at radius 3 is 3.13 bits per heavy atom. The summed E-state index contributed by atoms with van der Waals surface area (Å²) >= 11 is 0. The average molecular weight is 203 g/mol. The summed E-state index contributed by atoms with van der Waals surface area (Å²) in [7, 11) is 0. The maximum Gasteiger partial charge on any atom is 0.0902 e. The maximum atomic E-state index is 10.0. The van der Waals surface area contributed by atoms with Gasteiger partial charge in [0.05, 0.1) is 24.0 Å². The summed E-state index contributed by atoms with van der Waals surface area (Å²) in [5.74, 6) is 0.714. The van der Waals surface area contributed by atoms with Crippen LogP contribution in [-0.4, -0.2) is 19.7 Å². The Kier molecular flexibility index (Phi) is 1.95. The van der Waals surface area contributed by atoms with Crippen LogP contribution in [0.4, 0.5) is 0 Å². The molecular formula is C11H13N3O. The molecule has 4 nitrogen and oxygen atoms in total. The van der Waals surface area contributed by atoms with E-state index in [0.717, 1.165) is 17.5 Å². The van der Waals surface area contributed by atoms with Gasteiger partial charge < -0.3 is 5.11 Å². The van der Waals surface area contributed by atoms with Gasteiger partial charge in [0.15, 0.2) is 0 Å². The van der Waals surface area contributed by atoms with Crippen LogP contribution in [0.2, 0.25) is 0 Å². The van der Waals surface area contributed by atoms with E-state index >= 15 is 0 Å². The van der Waals surface area contributed by atoms with E-state index in [-0.39, 0.29) is 6.10 Å². The van der Waals surface area contributed by atoms with Crippen LogP contribution < -0.4 is 0 Å². The zero-order valence-electron chi connectivity index (χ0n) is 8.37. The molecule has 0 aromatic carbocycles. The number of aliphatic hydroxyl groups is 1. The molecule has 78 valence electrons. The highest BCUT2D eigenvalue weighted by atomic mass is 16.3. The first kappa shape index (κ1) is 8.85. The Hall–Kier alpha value is -1.42. The van der Waals surface area contributed by atoms with Gasteiger partial charge in [-0.1, -0.05) is 12.8 Å². The maximum absolute atomic E-state index is 10.0. The molecule has 0 amide bonds. The summed E-state index contributed by atoms with van der Waals surface area (Å²) in [5.41, 5.74) is 1.81. The lowest BCUT2D eigenvalue weighted by atomic mass is 10.1. The predicted octanol–water partition coefficient (Wildman–Crippen LogP) is 1.56. The van der Waals surface area contributed by atoms with Crippen LogP contribution in [0.3, 0.4) is 0 Å². The molecule has 1 fully saturated rings. The van der Waals surface area contributed by atoms with Crippen molar-refractivity contribution in [2.45, 2.75) is 25.4 Å². The largest absolute Gasteiger partial charge is 0.388 e. The van der Waals surface area contributed by atoms with Crippen molar-refractivity contribution in [3.05, 3.63) is 30.4 Å². The summed E-state index contributed by atoms with van der Waals surface area (Å²) in [6.45, 7) is 0. The van der Waals surface area contributed by atoms with Crippen molar-refractivity contribution in [3.63, 3.8) is 0 Å². The standard InChI is InChI=1S/C11H13N3O/c15-11(5-8-1-2-8)9-6-13-14-4-3-12-7-10(9)14/h3-4,6-8,11,15H,1-2,5H2. The Bertz CT molecular complexity index is 475. The molecule has 0 radical (unpaired) electrons. The average Bonchev–Trinajstić information content (AvgIpc) is 2.96. The van der Waals surface area contributed by atoms with Crippen molar-refractivity contribution in [1.82, 2.24) is 14.6 Å². The van der Waals surface area contributed by atoms with Gasteiger partial charge in [-0.2, -0.15) is 5.10 Å². The molecule has 1 N–H and O–H groups in total. The first-order chi connectivity index (χ1) is 7.34. The molecule has 0 spiro atoms. The minimum Gasteiger partial charge on any atom is -0.388 e. The summed E-state index contributed by atoms with van der Waals surface area (Å²) in [6, 6.07) is 0. The van der Waals surface area contributed by atoms with Crippen molar-refractivity contribution in [1.29, 1.82) is 0 Å². The van der Waals surface area contributed by atoms with Gasteiger partial charge in [-0.15, -0.1) is 0 Å². The molecule has 0 bridgehead atoms. The highest BCUT2D eigenvalue weighted by Gasteiger charge is 2.26. The fourth-order valence-corrected chi connectivity index (χ4v) is 1.91. The highest BCUT2D eigenvalue weighted by Crippen LogP contribution is 2.38. The summed E-state index contributed by atoms with van der Waals surface area (Å²) in [4.78, 5) is 4.05. The Morgan fingerprint density at radius 2 is 2.33 bits per heavy atom. The lowest BCUT2D eigenvalue weighted by Crippen LogP contribution is -1.98. The van der Waals surface area contributed by atoms with E-state index in [1.807, 2.05) is 0 Å². The Morgan fingerprint density at radius 1 is 1.47 bits per heavy atom. The lowest BCUT2D eigenvalue weighted by molar-refractivity contribution is 0.162. The molecule has 2 aromatic rings. The normalized spacial score (nSPS) is 18.2. The van der Waals surface area contributed by atoms with Crippen LogP contribution in [0.15, 0.2) is 24.8 Å². The van der Waals surface area contributed by atoms with Crippen molar-refractivity contribution in [3.8, 4) is 0 Å². The second kappa shape index (κ2) is 3.31. The summed E-state index contributed by atoms with van der Waals surface area (Å²) in [5, 5.41) is 14.2. The van der Waals surface area contributed by atoms with Crippen molar-refractivity contribution in [2.24, 2.45) is 5.92 Å². The van der Waals surface area contributed by atoms with Gasteiger partial charge >= 0.3 is 0 Å². The molecule has 1 atom stereocenters. The van der Waals surface area contributed by atoms with Crippen molar-refractivity contribution < 1.29 is 5.11 Å². The minimum absolute atomic E-state index is 0.390. The van der Waals surface area contributed by atoms with Crippen LogP contribution >= 0.6 is 0 Å². The number of fused-ring (bicyclic) bond motifs is 1. The van der Waals surface area contributed by atoms with Gasteiger partial charge in [0, 0.05) is 18.0 Å². The topological polar surface area (TPSA) is 50.4 Å². The van der Waals surface area contributed by atoms with Gasteiger partial charge in [0.2, 0.25) is 0 Å². The molecule has 2 aromatic heterocycles. The lowest BCUT2D eigenvalue weighted by Gasteiger charge is -2.07. The molecule has 15 heavy (non-hydrogen) atoms. The van der Waals surface area contributed by atoms with Crippen molar-refractivity contribution in [2.75, 3.05) is 0 Å². The number of aliphatic hydroxyl groups excluding tert-OH is 1. The van der Waals surface area contributed by atoms with E-state index in [4.69, 9.17) is 0 Å². The third-order valence-electron chi connectivity index (χ3n) is 2.97. The molecule has 4 heteroatoms.